The minimum absolute atomic E-state index is 0.0503. The fourth-order valence-corrected chi connectivity index (χ4v) is 4.79. The predicted octanol–water partition coefficient (Wildman–Crippen LogP) is 5.63. The summed E-state index contributed by atoms with van der Waals surface area (Å²) in [6.45, 7) is 1.48. The Morgan fingerprint density at radius 2 is 2.07 bits per heavy atom. The highest BCUT2D eigenvalue weighted by atomic mass is 32.1. The molecule has 29 heavy (non-hydrogen) atoms. The molecule has 148 valence electrons. The van der Waals surface area contributed by atoms with Crippen LogP contribution in [0.5, 0.6) is 0 Å². The fourth-order valence-electron chi connectivity index (χ4n) is 4.12. The average Bonchev–Trinajstić information content (AvgIpc) is 3.40. The molecule has 0 saturated carbocycles. The third-order valence-electron chi connectivity index (χ3n) is 5.62. The van der Waals surface area contributed by atoms with Gasteiger partial charge in [0.1, 0.15) is 11.3 Å². The van der Waals surface area contributed by atoms with Crippen LogP contribution >= 0.6 is 11.3 Å². The summed E-state index contributed by atoms with van der Waals surface area (Å²) >= 11 is 1.65. The summed E-state index contributed by atoms with van der Waals surface area (Å²) in [5.41, 5.74) is 2.32. The van der Waals surface area contributed by atoms with E-state index >= 15 is 0 Å². The van der Waals surface area contributed by atoms with Crippen molar-refractivity contribution < 1.29 is 8.94 Å². The third-order valence-corrected chi connectivity index (χ3v) is 6.51. The van der Waals surface area contributed by atoms with Crippen molar-refractivity contribution in [1.29, 1.82) is 0 Å². The maximum Gasteiger partial charge on any atom is 0.197 e. The summed E-state index contributed by atoms with van der Waals surface area (Å²) in [4.78, 5) is 16.4. The van der Waals surface area contributed by atoms with Gasteiger partial charge >= 0.3 is 0 Å². The Hall–Kier alpha value is -2.70. The van der Waals surface area contributed by atoms with E-state index in [0.717, 1.165) is 42.1 Å². The smallest absolute Gasteiger partial charge is 0.197 e. The van der Waals surface area contributed by atoms with Crippen molar-refractivity contribution in [3.05, 3.63) is 75.6 Å². The van der Waals surface area contributed by atoms with Gasteiger partial charge in [0.2, 0.25) is 0 Å². The van der Waals surface area contributed by atoms with Gasteiger partial charge < -0.3 is 8.94 Å². The molecule has 0 spiro atoms. The lowest BCUT2D eigenvalue weighted by molar-refractivity contribution is 0.182. The van der Waals surface area contributed by atoms with Gasteiger partial charge in [-0.25, -0.2) is 0 Å². The van der Waals surface area contributed by atoms with Gasteiger partial charge in [-0.1, -0.05) is 36.2 Å². The normalized spacial score (nSPS) is 18.1. The first-order valence-corrected chi connectivity index (χ1v) is 10.9. The molecule has 0 aliphatic carbocycles. The second kappa shape index (κ2) is 7.97. The maximum absolute atomic E-state index is 13.0. The molecular weight excluding hydrogens is 384 g/mol. The first kappa shape index (κ1) is 18.3. The number of nitrogens with zero attached hydrogens (tertiary/aromatic N) is 2. The van der Waals surface area contributed by atoms with E-state index in [4.69, 9.17) is 8.94 Å². The summed E-state index contributed by atoms with van der Waals surface area (Å²) in [5.74, 6) is 0.810. The summed E-state index contributed by atoms with van der Waals surface area (Å²) in [6, 6.07) is 13.7. The lowest BCUT2D eigenvalue weighted by Gasteiger charge is -2.28. The van der Waals surface area contributed by atoms with Crippen LogP contribution in [0.4, 0.5) is 0 Å². The first-order chi connectivity index (χ1) is 14.3. The highest BCUT2D eigenvalue weighted by Crippen LogP contribution is 2.34. The van der Waals surface area contributed by atoms with Gasteiger partial charge in [0.25, 0.3) is 0 Å². The maximum atomic E-state index is 13.0. The minimum atomic E-state index is 0.0503. The van der Waals surface area contributed by atoms with Crippen LogP contribution < -0.4 is 5.43 Å². The number of thiophene rings is 1. The summed E-state index contributed by atoms with van der Waals surface area (Å²) in [6.07, 6.45) is 6.08. The van der Waals surface area contributed by atoms with Gasteiger partial charge in [0, 0.05) is 18.2 Å². The second-order valence-electron chi connectivity index (χ2n) is 7.52. The van der Waals surface area contributed by atoms with Crippen molar-refractivity contribution in [2.45, 2.75) is 38.3 Å². The van der Waals surface area contributed by atoms with Gasteiger partial charge in [0.15, 0.2) is 11.2 Å². The molecule has 0 radical (unpaired) electrons. The van der Waals surface area contributed by atoms with Crippen molar-refractivity contribution in [3.8, 4) is 10.6 Å². The zero-order valence-electron chi connectivity index (χ0n) is 16.0. The number of rotatable bonds is 4. The summed E-state index contributed by atoms with van der Waals surface area (Å²) in [5, 5.41) is 7.06. The van der Waals surface area contributed by atoms with Gasteiger partial charge in [0.05, 0.1) is 22.6 Å². The number of aromatic nitrogens is 1. The number of benzene rings is 1. The molecule has 4 heterocycles. The van der Waals surface area contributed by atoms with Crippen molar-refractivity contribution in [1.82, 2.24) is 10.1 Å². The number of fused-ring (bicyclic) bond motifs is 1. The van der Waals surface area contributed by atoms with Crippen LogP contribution in [0.15, 0.2) is 67.8 Å². The SMILES string of the molecule is O=c1c(CN2CCCCCC2c2cc(-c3cccs3)on2)coc2ccccc12. The molecule has 0 amide bonds. The zero-order valence-corrected chi connectivity index (χ0v) is 16.9. The Bertz CT molecular complexity index is 1160. The molecule has 1 aromatic carbocycles. The fraction of sp³-hybridized carbons (Fsp3) is 0.304. The van der Waals surface area contributed by atoms with Crippen LogP contribution in [-0.2, 0) is 6.54 Å². The lowest BCUT2D eigenvalue weighted by Crippen LogP contribution is -2.30. The Morgan fingerprint density at radius 3 is 2.97 bits per heavy atom. The third kappa shape index (κ3) is 3.66. The standard InChI is InChI=1S/C23H22N2O3S/c26-23-16(15-27-20-9-4-3-7-17(20)23)14-25-11-5-1-2-8-19(25)18-13-21(28-24-18)22-10-6-12-29-22/h3-4,6-7,9-10,12-13,15,19H,1-2,5,8,11,14H2. The van der Waals surface area contributed by atoms with Crippen molar-refractivity contribution in [2.75, 3.05) is 6.54 Å². The second-order valence-corrected chi connectivity index (χ2v) is 8.46. The minimum Gasteiger partial charge on any atom is -0.464 e. The number of para-hydroxylation sites is 1. The van der Waals surface area contributed by atoms with Gasteiger partial charge in [-0.15, -0.1) is 11.3 Å². The quantitative estimate of drug-likeness (QED) is 0.440. The highest BCUT2D eigenvalue weighted by Gasteiger charge is 2.27. The Balaban J connectivity index is 1.46. The van der Waals surface area contributed by atoms with Crippen LogP contribution in [-0.4, -0.2) is 16.6 Å². The largest absolute Gasteiger partial charge is 0.464 e. The van der Waals surface area contributed by atoms with E-state index in [1.807, 2.05) is 41.8 Å². The van der Waals surface area contributed by atoms with Crippen LogP contribution in [0.1, 0.15) is 43.0 Å². The van der Waals surface area contributed by atoms with Gasteiger partial charge in [-0.2, -0.15) is 0 Å². The van der Waals surface area contributed by atoms with E-state index < -0.39 is 0 Å². The van der Waals surface area contributed by atoms with E-state index in [2.05, 4.69) is 16.1 Å². The van der Waals surface area contributed by atoms with Crippen LogP contribution in [0, 0.1) is 0 Å². The van der Waals surface area contributed by atoms with Gasteiger partial charge in [-0.3, -0.25) is 9.69 Å². The average molecular weight is 407 g/mol. The van der Waals surface area contributed by atoms with Crippen LogP contribution in [0.3, 0.4) is 0 Å². The number of likely N-dealkylation sites (tertiary alicyclic amines) is 1. The molecule has 1 unspecified atom stereocenters. The van der Waals surface area contributed by atoms with E-state index in [-0.39, 0.29) is 11.5 Å². The Labute approximate surface area is 172 Å². The van der Waals surface area contributed by atoms with Gasteiger partial charge in [-0.05, 0) is 43.0 Å². The van der Waals surface area contributed by atoms with E-state index in [0.29, 0.717) is 23.1 Å². The molecule has 5 rings (SSSR count). The molecule has 3 aromatic heterocycles. The van der Waals surface area contributed by atoms with E-state index in [1.165, 1.54) is 6.42 Å². The predicted molar refractivity (Wildman–Crippen MR) is 114 cm³/mol. The molecule has 1 aliphatic rings. The monoisotopic (exact) mass is 406 g/mol. The lowest BCUT2D eigenvalue weighted by atomic mass is 10.1. The topological polar surface area (TPSA) is 59.5 Å². The summed E-state index contributed by atoms with van der Waals surface area (Å²) < 4.78 is 11.4. The highest BCUT2D eigenvalue weighted by molar-refractivity contribution is 7.13. The zero-order chi connectivity index (χ0) is 19.6. The molecule has 1 aliphatic heterocycles. The van der Waals surface area contributed by atoms with E-state index in [9.17, 15) is 4.79 Å². The molecular formula is C23H22N2O3S. The van der Waals surface area contributed by atoms with Crippen molar-refractivity contribution >= 4 is 22.3 Å². The number of hydrogen-bond donors (Lipinski definition) is 0. The molecule has 4 aromatic rings. The van der Waals surface area contributed by atoms with Crippen molar-refractivity contribution in [2.24, 2.45) is 0 Å². The first-order valence-electron chi connectivity index (χ1n) is 10.0. The Kier molecular flexibility index (Phi) is 5.04. The molecule has 1 fully saturated rings. The molecule has 5 nitrogen and oxygen atoms in total. The molecule has 0 bridgehead atoms. The van der Waals surface area contributed by atoms with Crippen LogP contribution in [0.2, 0.25) is 0 Å². The van der Waals surface area contributed by atoms with Crippen LogP contribution in [0.25, 0.3) is 21.6 Å². The molecule has 1 saturated heterocycles. The Morgan fingerprint density at radius 1 is 1.14 bits per heavy atom. The molecule has 6 heteroatoms. The number of hydrogen-bond acceptors (Lipinski definition) is 6. The van der Waals surface area contributed by atoms with E-state index in [1.54, 1.807) is 17.6 Å². The van der Waals surface area contributed by atoms with Crippen molar-refractivity contribution in [3.63, 3.8) is 0 Å². The molecule has 0 N–H and O–H groups in total. The molecule has 1 atom stereocenters. The summed E-state index contributed by atoms with van der Waals surface area (Å²) in [7, 11) is 0.